The lowest BCUT2D eigenvalue weighted by Gasteiger charge is -2.51. The normalized spacial score (nSPS) is 15.3. The first-order valence-corrected chi connectivity index (χ1v) is 47.1. The second kappa shape index (κ2) is 32.1. The van der Waals surface area contributed by atoms with Crippen molar-refractivity contribution in [1.29, 1.82) is 0 Å². The van der Waals surface area contributed by atoms with E-state index in [1.54, 1.807) is 0 Å². The summed E-state index contributed by atoms with van der Waals surface area (Å²) in [6.45, 7) is 55.7. The van der Waals surface area contributed by atoms with Gasteiger partial charge in [-0.15, -0.1) is 0 Å². The number of hydrogen-bond donors (Lipinski definition) is 0. The van der Waals surface area contributed by atoms with E-state index in [0.717, 1.165) is 90.1 Å². The van der Waals surface area contributed by atoms with Crippen LogP contribution in [0.25, 0.3) is 43.8 Å². The lowest BCUT2D eigenvalue weighted by Crippen LogP contribution is -2.50. The highest BCUT2D eigenvalue weighted by atomic mass is 15.2. The topological polar surface area (TPSA) is 13.0 Å². The van der Waals surface area contributed by atoms with Crippen molar-refractivity contribution in [3.05, 3.63) is 430 Å². The van der Waals surface area contributed by atoms with E-state index in [-0.39, 0.29) is 43.3 Å². The van der Waals surface area contributed by atoms with Crippen molar-refractivity contribution in [3.8, 4) is 22.3 Å². The Kier molecular flexibility index (Phi) is 21.7. The van der Waals surface area contributed by atoms with Crippen LogP contribution in [-0.2, 0) is 54.1 Å². The highest BCUT2D eigenvalue weighted by Crippen LogP contribution is 2.73. The van der Waals surface area contributed by atoms with Crippen LogP contribution in [0.4, 0.5) is 68.2 Å². The molecular weight excluding hydrogens is 1570 g/mol. The van der Waals surface area contributed by atoms with Gasteiger partial charge in [0.1, 0.15) is 0 Å². The largest absolute Gasteiger partial charge is 0.310 e. The minimum absolute atomic E-state index is 0.0877. The fourth-order valence-electron chi connectivity index (χ4n) is 20.8. The molecule has 0 N–H and O–H groups in total. The van der Waals surface area contributed by atoms with E-state index in [1.165, 1.54) is 99.8 Å². The Morgan fingerprint density at radius 2 is 0.346 bits per heavy atom. The molecule has 16 aromatic carbocycles. The Labute approximate surface area is 776 Å². The van der Waals surface area contributed by atoms with Crippen molar-refractivity contribution in [3.63, 3.8) is 0 Å². The van der Waals surface area contributed by atoms with Gasteiger partial charge in [0.25, 0.3) is 0 Å². The Hall–Kier alpha value is -12.8. The van der Waals surface area contributed by atoms with E-state index in [0.29, 0.717) is 0 Å². The van der Waals surface area contributed by atoms with Gasteiger partial charge in [0.15, 0.2) is 0 Å². The van der Waals surface area contributed by atoms with Gasteiger partial charge in [0, 0.05) is 67.6 Å². The quantitative estimate of drug-likeness (QED) is 0.101. The molecule has 2 aliphatic carbocycles. The molecule has 2 atom stereocenters. The predicted molar refractivity (Wildman–Crippen MR) is 560 cm³/mol. The van der Waals surface area contributed by atoms with Crippen molar-refractivity contribution in [1.82, 2.24) is 0 Å². The van der Waals surface area contributed by atoms with Gasteiger partial charge in [-0.1, -0.05) is 385 Å². The number of benzene rings is 16. The molecule has 0 saturated heterocycles. The fourth-order valence-corrected chi connectivity index (χ4v) is 20.8. The van der Waals surface area contributed by atoms with Gasteiger partial charge >= 0.3 is 0 Å². The van der Waals surface area contributed by atoms with Gasteiger partial charge in [0.2, 0.25) is 0 Å². The fraction of sp³-hybridized carbons (Fsp3) is 0.270. The first-order chi connectivity index (χ1) is 61.5. The second-order valence-corrected chi connectivity index (χ2v) is 45.1. The minimum Gasteiger partial charge on any atom is -0.310 e. The molecule has 16 aromatic rings. The summed E-state index contributed by atoms with van der Waals surface area (Å²) in [4.78, 5) is 10.3. The molecule has 0 bridgehead atoms. The Bertz CT molecular complexity index is 6230. The molecule has 0 spiro atoms. The number of fused-ring (bicyclic) bond motifs is 10. The zero-order chi connectivity index (χ0) is 92.0. The average Bonchev–Trinajstić information content (AvgIpc) is 1.47. The summed E-state index contributed by atoms with van der Waals surface area (Å²) in [7, 11) is 0. The molecular formula is C126H130N4. The molecule has 0 heterocycles. The molecule has 130 heavy (non-hydrogen) atoms. The van der Waals surface area contributed by atoms with Crippen LogP contribution >= 0.6 is 0 Å². The maximum absolute atomic E-state index is 2.70. The third-order valence-corrected chi connectivity index (χ3v) is 28.1. The third kappa shape index (κ3) is 15.4. The van der Waals surface area contributed by atoms with Gasteiger partial charge < -0.3 is 19.6 Å². The second-order valence-electron chi connectivity index (χ2n) is 45.1. The third-order valence-electron chi connectivity index (χ3n) is 28.1. The van der Waals surface area contributed by atoms with E-state index >= 15 is 0 Å². The maximum atomic E-state index is 2.70. The number of nitrogens with zero attached hydrogens (tertiary/aromatic N) is 4. The standard InChI is InChI=1S/C126H130N4/c1-117(2,3)83-43-59-93(60-44-83)127(94-61-45-84(46-62-94)118(4,5)6)101-75-77-107-109(79-101)125(91-35-27-25-28-36-91,111-81-113(103-39-31-33-41-105(103)115(107)111)129(97-67-51-87(52-68-97)121(13,14)15)98-69-53-88(54-70-98)122(16,17)18)126(92-37-29-26-30-38-92)110-80-102(128(95-63-47-85(48-64-95)119(7,8)9)96-65-49-86(50-66-96)120(10,11)12)76-78-108(110)116-106-42-34-32-40-104(106)114(82-112(116)126)130(99-71-55-89(56-72-99)123(19,20)21)100-73-57-90(58-74-100)124(22,23)24/h25-82H,1-24H3. The first-order valence-electron chi connectivity index (χ1n) is 47.1. The first kappa shape index (κ1) is 87.9. The lowest BCUT2D eigenvalue weighted by atomic mass is 9.49. The summed E-state index contributed by atoms with van der Waals surface area (Å²) in [5.74, 6) is 0. The summed E-state index contributed by atoms with van der Waals surface area (Å²) >= 11 is 0. The van der Waals surface area contributed by atoms with Crippen molar-refractivity contribution >= 4 is 89.8 Å². The van der Waals surface area contributed by atoms with Gasteiger partial charge in [-0.25, -0.2) is 0 Å². The van der Waals surface area contributed by atoms with Crippen LogP contribution in [-0.4, -0.2) is 0 Å². The van der Waals surface area contributed by atoms with E-state index in [9.17, 15) is 0 Å². The van der Waals surface area contributed by atoms with E-state index in [1.807, 2.05) is 0 Å². The predicted octanol–water partition coefficient (Wildman–Crippen LogP) is 35.6. The molecule has 0 aromatic heterocycles. The molecule has 2 aliphatic rings. The van der Waals surface area contributed by atoms with Crippen LogP contribution in [0.2, 0.25) is 0 Å². The summed E-state index contributed by atoms with van der Waals surface area (Å²) in [5, 5.41) is 4.62. The number of hydrogen-bond acceptors (Lipinski definition) is 4. The molecule has 2 unspecified atom stereocenters. The Morgan fingerprint density at radius 3 is 0.554 bits per heavy atom. The van der Waals surface area contributed by atoms with Crippen LogP contribution in [0.5, 0.6) is 0 Å². The lowest BCUT2D eigenvalue weighted by molar-refractivity contribution is 0.438. The molecule has 0 radical (unpaired) electrons. The summed E-state index contributed by atoms with van der Waals surface area (Å²) < 4.78 is 0. The number of rotatable bonds is 15. The van der Waals surface area contributed by atoms with Crippen LogP contribution < -0.4 is 19.6 Å². The van der Waals surface area contributed by atoms with Crippen molar-refractivity contribution in [2.45, 2.75) is 220 Å². The highest BCUT2D eigenvalue weighted by molar-refractivity contribution is 6.15. The van der Waals surface area contributed by atoms with Crippen molar-refractivity contribution in [2.24, 2.45) is 0 Å². The Morgan fingerprint density at radius 1 is 0.162 bits per heavy atom. The van der Waals surface area contributed by atoms with Crippen LogP contribution in [0, 0.1) is 0 Å². The summed E-state index contributed by atoms with van der Waals surface area (Å²) in [5.41, 5.74) is 31.6. The zero-order valence-electron chi connectivity index (χ0n) is 81.3. The average molecular weight is 1700 g/mol. The van der Waals surface area contributed by atoms with Gasteiger partial charge in [0.05, 0.1) is 22.2 Å². The molecule has 0 saturated carbocycles. The van der Waals surface area contributed by atoms with E-state index < -0.39 is 10.8 Å². The number of anilines is 12. The summed E-state index contributed by atoms with van der Waals surface area (Å²) in [6.07, 6.45) is 0. The van der Waals surface area contributed by atoms with Gasteiger partial charge in [-0.3, -0.25) is 0 Å². The molecule has 654 valence electrons. The zero-order valence-corrected chi connectivity index (χ0v) is 81.3. The smallest absolute Gasteiger partial charge is 0.0643 e. The van der Waals surface area contributed by atoms with Crippen molar-refractivity contribution < 1.29 is 0 Å². The molecule has 0 aliphatic heterocycles. The molecule has 0 fully saturated rings. The molecule has 4 nitrogen and oxygen atoms in total. The van der Waals surface area contributed by atoms with Crippen molar-refractivity contribution in [2.75, 3.05) is 19.6 Å². The van der Waals surface area contributed by atoms with Gasteiger partial charge in [-0.05, 0) is 288 Å². The molecule has 18 rings (SSSR count). The van der Waals surface area contributed by atoms with Crippen LogP contribution in [0.1, 0.15) is 244 Å². The summed E-state index contributed by atoms with van der Waals surface area (Å²) in [6, 6.07) is 139. The highest BCUT2D eigenvalue weighted by Gasteiger charge is 2.65. The Balaban J connectivity index is 1.08. The van der Waals surface area contributed by atoms with Gasteiger partial charge in [-0.2, -0.15) is 0 Å². The van der Waals surface area contributed by atoms with Crippen LogP contribution in [0.15, 0.2) is 352 Å². The van der Waals surface area contributed by atoms with Crippen LogP contribution in [0.3, 0.4) is 0 Å². The maximum Gasteiger partial charge on any atom is 0.0643 e. The monoisotopic (exact) mass is 1700 g/mol. The minimum atomic E-state index is -1.25. The molecule has 0 amide bonds. The van der Waals surface area contributed by atoms with E-state index in [2.05, 4.69) is 538 Å². The van der Waals surface area contributed by atoms with E-state index in [4.69, 9.17) is 0 Å². The SMILES string of the molecule is CC(C)(C)c1ccc(N(c2ccc(C(C)(C)C)cc2)c2ccc3c(c2)C(c2ccccc2)(C2(c4ccccc4)c4cc(N(c5ccc(C(C)(C)C)cc5)c5ccc(C(C)(C)C)cc5)ccc4-c4c2cc(N(c2ccc(C(C)(C)C)cc2)c2ccc(C(C)(C)C)cc2)c2ccccc42)c2cc(N(c4ccc(C(C)(C)C)cc4)c4ccc(C(C)(C)C)cc4)c4ccccc4c2-3)cc1. The molecule has 4 heteroatoms.